The van der Waals surface area contributed by atoms with Crippen molar-refractivity contribution in [2.45, 2.75) is 18.7 Å². The number of rotatable bonds is 4. The van der Waals surface area contributed by atoms with Gasteiger partial charge >= 0.3 is 0 Å². The number of nitrogens with one attached hydrogen (secondary N) is 1. The lowest BCUT2D eigenvalue weighted by Gasteiger charge is -2.07. The molecule has 0 amide bonds. The summed E-state index contributed by atoms with van der Waals surface area (Å²) in [5.74, 6) is 1.62. The third-order valence-corrected chi connectivity index (χ3v) is 2.38. The van der Waals surface area contributed by atoms with Gasteiger partial charge in [-0.1, -0.05) is 13.8 Å². The molecule has 13 heavy (non-hydrogen) atoms. The Morgan fingerprint density at radius 3 is 2.69 bits per heavy atom. The third kappa shape index (κ3) is 3.68. The Morgan fingerprint density at radius 2 is 2.23 bits per heavy atom. The zero-order valence-corrected chi connectivity index (χ0v) is 9.19. The topological polar surface area (TPSA) is 24.9 Å². The van der Waals surface area contributed by atoms with Crippen molar-refractivity contribution in [3.63, 3.8) is 0 Å². The second-order valence-corrected chi connectivity index (χ2v) is 4.24. The minimum atomic E-state index is 0.655. The number of pyridine rings is 1. The van der Waals surface area contributed by atoms with E-state index in [4.69, 9.17) is 0 Å². The Hall–Kier alpha value is -0.700. The quantitative estimate of drug-likeness (QED) is 0.750. The van der Waals surface area contributed by atoms with Crippen LogP contribution in [-0.2, 0) is 0 Å². The standard InChI is InChI=1S/C10H16N2S/c1-8(2)6-11-10-5-4-9(13-3)7-12-10/h4-5,7-8H,6H2,1-3H3,(H,11,12). The average molecular weight is 196 g/mol. The molecule has 2 nitrogen and oxygen atoms in total. The highest BCUT2D eigenvalue weighted by atomic mass is 32.2. The van der Waals surface area contributed by atoms with Crippen LogP contribution in [0.2, 0.25) is 0 Å². The zero-order chi connectivity index (χ0) is 9.68. The van der Waals surface area contributed by atoms with E-state index in [9.17, 15) is 0 Å². The number of nitrogens with zero attached hydrogens (tertiary/aromatic N) is 1. The fourth-order valence-electron chi connectivity index (χ4n) is 0.914. The molecule has 0 spiro atoms. The van der Waals surface area contributed by atoms with Crippen molar-refractivity contribution in [1.29, 1.82) is 0 Å². The van der Waals surface area contributed by atoms with E-state index in [0.717, 1.165) is 12.4 Å². The molecule has 0 saturated heterocycles. The van der Waals surface area contributed by atoms with E-state index in [2.05, 4.69) is 36.5 Å². The molecule has 0 aromatic carbocycles. The van der Waals surface area contributed by atoms with Crippen molar-refractivity contribution in [3.8, 4) is 0 Å². The molecule has 1 rings (SSSR count). The highest BCUT2D eigenvalue weighted by Crippen LogP contribution is 2.14. The molecule has 0 radical (unpaired) electrons. The Bertz CT molecular complexity index is 244. The van der Waals surface area contributed by atoms with Crippen LogP contribution >= 0.6 is 11.8 Å². The highest BCUT2D eigenvalue weighted by Gasteiger charge is 1.96. The van der Waals surface area contributed by atoms with Crippen LogP contribution in [-0.4, -0.2) is 17.8 Å². The summed E-state index contributed by atoms with van der Waals surface area (Å²) < 4.78 is 0. The maximum absolute atomic E-state index is 4.29. The number of hydrogen-bond acceptors (Lipinski definition) is 3. The summed E-state index contributed by atoms with van der Waals surface area (Å²) in [6.45, 7) is 5.35. The van der Waals surface area contributed by atoms with Crippen molar-refractivity contribution < 1.29 is 0 Å². The molecule has 1 N–H and O–H groups in total. The van der Waals surface area contributed by atoms with Gasteiger partial charge in [0.15, 0.2) is 0 Å². The van der Waals surface area contributed by atoms with Crippen LogP contribution in [0, 0.1) is 5.92 Å². The van der Waals surface area contributed by atoms with Crippen molar-refractivity contribution in [2.75, 3.05) is 18.1 Å². The van der Waals surface area contributed by atoms with E-state index in [0.29, 0.717) is 5.92 Å². The lowest BCUT2D eigenvalue weighted by molar-refractivity contribution is 0.687. The van der Waals surface area contributed by atoms with Gasteiger partial charge in [0.2, 0.25) is 0 Å². The molecule has 0 aliphatic rings. The molecule has 3 heteroatoms. The van der Waals surface area contributed by atoms with Gasteiger partial charge in [-0.25, -0.2) is 4.98 Å². The van der Waals surface area contributed by atoms with Crippen molar-refractivity contribution >= 4 is 17.6 Å². The first-order valence-electron chi connectivity index (χ1n) is 4.46. The summed E-state index contributed by atoms with van der Waals surface area (Å²) in [5, 5.41) is 3.28. The molecule has 0 aliphatic heterocycles. The van der Waals surface area contributed by atoms with E-state index in [1.165, 1.54) is 4.90 Å². The van der Waals surface area contributed by atoms with E-state index in [1.54, 1.807) is 11.8 Å². The Balaban J connectivity index is 2.49. The van der Waals surface area contributed by atoms with Gasteiger partial charge in [-0.15, -0.1) is 11.8 Å². The van der Waals surface area contributed by atoms with Crippen LogP contribution in [0.25, 0.3) is 0 Å². The fraction of sp³-hybridized carbons (Fsp3) is 0.500. The zero-order valence-electron chi connectivity index (χ0n) is 8.37. The highest BCUT2D eigenvalue weighted by molar-refractivity contribution is 7.98. The van der Waals surface area contributed by atoms with Gasteiger partial charge in [-0.3, -0.25) is 0 Å². The van der Waals surface area contributed by atoms with Gasteiger partial charge in [0, 0.05) is 17.6 Å². The summed E-state index contributed by atoms with van der Waals surface area (Å²) >= 11 is 1.71. The minimum Gasteiger partial charge on any atom is -0.370 e. The molecule has 1 heterocycles. The van der Waals surface area contributed by atoms with Crippen LogP contribution in [0.1, 0.15) is 13.8 Å². The predicted molar refractivity (Wildman–Crippen MR) is 59.3 cm³/mol. The van der Waals surface area contributed by atoms with Crippen LogP contribution < -0.4 is 5.32 Å². The first-order valence-corrected chi connectivity index (χ1v) is 5.68. The first-order chi connectivity index (χ1) is 6.22. The SMILES string of the molecule is CSc1ccc(NCC(C)C)nc1. The van der Waals surface area contributed by atoms with Crippen molar-refractivity contribution in [1.82, 2.24) is 4.98 Å². The summed E-state index contributed by atoms with van der Waals surface area (Å²) in [4.78, 5) is 5.49. The molecule has 1 aromatic heterocycles. The van der Waals surface area contributed by atoms with Gasteiger partial charge in [0.1, 0.15) is 5.82 Å². The summed E-state index contributed by atoms with van der Waals surface area (Å²) in [6.07, 6.45) is 3.95. The molecule has 0 fully saturated rings. The molecule has 0 bridgehead atoms. The van der Waals surface area contributed by atoms with Crippen LogP contribution in [0.4, 0.5) is 5.82 Å². The Labute approximate surface area is 84.1 Å². The molecule has 0 aliphatic carbocycles. The number of aromatic nitrogens is 1. The molecular weight excluding hydrogens is 180 g/mol. The normalized spacial score (nSPS) is 10.5. The Kier molecular flexibility index (Phi) is 4.09. The van der Waals surface area contributed by atoms with E-state index in [1.807, 2.05) is 12.3 Å². The summed E-state index contributed by atoms with van der Waals surface area (Å²) in [5.41, 5.74) is 0. The summed E-state index contributed by atoms with van der Waals surface area (Å²) in [6, 6.07) is 4.11. The van der Waals surface area contributed by atoms with Crippen LogP contribution in [0.5, 0.6) is 0 Å². The van der Waals surface area contributed by atoms with Gasteiger partial charge in [0.25, 0.3) is 0 Å². The minimum absolute atomic E-state index is 0.655. The number of hydrogen-bond donors (Lipinski definition) is 1. The van der Waals surface area contributed by atoms with E-state index >= 15 is 0 Å². The Morgan fingerprint density at radius 1 is 1.46 bits per heavy atom. The first kappa shape index (κ1) is 10.4. The lowest BCUT2D eigenvalue weighted by atomic mass is 10.2. The molecule has 1 aromatic rings. The number of thioether (sulfide) groups is 1. The van der Waals surface area contributed by atoms with E-state index < -0.39 is 0 Å². The monoisotopic (exact) mass is 196 g/mol. The lowest BCUT2D eigenvalue weighted by Crippen LogP contribution is -2.08. The van der Waals surface area contributed by atoms with Crippen LogP contribution in [0.3, 0.4) is 0 Å². The van der Waals surface area contributed by atoms with Gasteiger partial charge in [-0.05, 0) is 24.3 Å². The smallest absolute Gasteiger partial charge is 0.125 e. The maximum Gasteiger partial charge on any atom is 0.125 e. The number of anilines is 1. The molecule has 72 valence electrons. The van der Waals surface area contributed by atoms with E-state index in [-0.39, 0.29) is 0 Å². The van der Waals surface area contributed by atoms with Crippen LogP contribution in [0.15, 0.2) is 23.2 Å². The second-order valence-electron chi connectivity index (χ2n) is 3.36. The van der Waals surface area contributed by atoms with Crippen molar-refractivity contribution in [3.05, 3.63) is 18.3 Å². The molecular formula is C10H16N2S. The largest absolute Gasteiger partial charge is 0.370 e. The molecule has 0 atom stereocenters. The summed E-state index contributed by atoms with van der Waals surface area (Å²) in [7, 11) is 0. The third-order valence-electron chi connectivity index (χ3n) is 1.66. The fourth-order valence-corrected chi connectivity index (χ4v) is 1.28. The molecule has 0 unspecified atom stereocenters. The van der Waals surface area contributed by atoms with Gasteiger partial charge in [-0.2, -0.15) is 0 Å². The van der Waals surface area contributed by atoms with Gasteiger partial charge in [0.05, 0.1) is 0 Å². The maximum atomic E-state index is 4.29. The second kappa shape index (κ2) is 5.12. The predicted octanol–water partition coefficient (Wildman–Crippen LogP) is 2.87. The van der Waals surface area contributed by atoms with Crippen molar-refractivity contribution in [2.24, 2.45) is 5.92 Å². The average Bonchev–Trinajstić information content (AvgIpc) is 2.15. The van der Waals surface area contributed by atoms with Gasteiger partial charge < -0.3 is 5.32 Å². The molecule has 0 saturated carbocycles.